The molecule has 0 unspecified atom stereocenters. The molecule has 6 heteroatoms. The molecule has 0 aromatic rings. The predicted molar refractivity (Wildman–Crippen MR) is 48.9 cm³/mol. The molecular formula is C7H15NO4S. The van der Waals surface area contributed by atoms with Crippen LogP contribution < -0.4 is 4.72 Å². The number of methoxy groups -OCH3 is 1. The number of hydrogen-bond acceptors (Lipinski definition) is 4. The average molecular weight is 209 g/mol. The number of carbonyl (C=O) groups excluding carboxylic acids is 1. The Morgan fingerprint density at radius 1 is 1.38 bits per heavy atom. The Hall–Kier alpha value is -0.780. The molecule has 1 N–H and O–H groups in total. The third-order valence-electron chi connectivity index (χ3n) is 1.44. The molecule has 0 fully saturated rings. The number of rotatable bonds is 5. The van der Waals surface area contributed by atoms with Crippen LogP contribution in [-0.4, -0.2) is 27.4 Å². The van der Waals surface area contributed by atoms with Crippen LogP contribution in [0.15, 0.2) is 0 Å². The Labute approximate surface area is 78.5 Å². The van der Waals surface area contributed by atoms with E-state index in [0.29, 0.717) is 6.42 Å². The highest BCUT2D eigenvalue weighted by Gasteiger charge is 2.13. The van der Waals surface area contributed by atoms with Crippen LogP contribution in [0, 0.1) is 0 Å². The Bertz CT molecular complexity index is 247. The van der Waals surface area contributed by atoms with Crippen LogP contribution in [0.4, 0.5) is 4.79 Å². The van der Waals surface area contributed by atoms with E-state index in [4.69, 9.17) is 0 Å². The standard InChI is InChI=1S/C7H15NO4S/c1-3-4-5-6-13(10,11)8-7(9)12-2/h3-6H2,1-2H3,(H,8,9). The van der Waals surface area contributed by atoms with Crippen LogP contribution in [-0.2, 0) is 14.8 Å². The van der Waals surface area contributed by atoms with E-state index in [9.17, 15) is 13.2 Å². The van der Waals surface area contributed by atoms with E-state index in [1.165, 1.54) is 0 Å². The summed E-state index contributed by atoms with van der Waals surface area (Å²) in [5.41, 5.74) is 0. The summed E-state index contributed by atoms with van der Waals surface area (Å²) in [6, 6.07) is 0. The van der Waals surface area contributed by atoms with Crippen molar-refractivity contribution in [2.24, 2.45) is 0 Å². The third kappa shape index (κ3) is 6.39. The van der Waals surface area contributed by atoms with E-state index in [-0.39, 0.29) is 5.75 Å². The summed E-state index contributed by atoms with van der Waals surface area (Å²) in [7, 11) is -2.37. The second kappa shape index (κ2) is 5.80. The van der Waals surface area contributed by atoms with Gasteiger partial charge in [0.15, 0.2) is 0 Å². The van der Waals surface area contributed by atoms with Crippen LogP contribution >= 0.6 is 0 Å². The third-order valence-corrected chi connectivity index (χ3v) is 2.74. The van der Waals surface area contributed by atoms with Crippen molar-refractivity contribution < 1.29 is 17.9 Å². The zero-order valence-electron chi connectivity index (χ0n) is 7.87. The van der Waals surface area contributed by atoms with Gasteiger partial charge in [-0.1, -0.05) is 19.8 Å². The van der Waals surface area contributed by atoms with Gasteiger partial charge in [-0.05, 0) is 6.42 Å². The largest absolute Gasteiger partial charge is 0.452 e. The van der Waals surface area contributed by atoms with Crippen molar-refractivity contribution in [2.75, 3.05) is 12.9 Å². The molecule has 78 valence electrons. The molecule has 0 aromatic carbocycles. The lowest BCUT2D eigenvalue weighted by atomic mass is 10.3. The number of ether oxygens (including phenoxy) is 1. The predicted octanol–water partition coefficient (Wildman–Crippen LogP) is 0.862. The lowest BCUT2D eigenvalue weighted by Crippen LogP contribution is -2.32. The van der Waals surface area contributed by atoms with E-state index >= 15 is 0 Å². The maximum Gasteiger partial charge on any atom is 0.420 e. The Balaban J connectivity index is 3.88. The number of amides is 1. The Kier molecular flexibility index (Phi) is 5.45. The van der Waals surface area contributed by atoms with Gasteiger partial charge in [0.2, 0.25) is 10.0 Å². The van der Waals surface area contributed by atoms with Gasteiger partial charge in [-0.25, -0.2) is 17.9 Å². The van der Waals surface area contributed by atoms with Crippen molar-refractivity contribution in [3.63, 3.8) is 0 Å². The van der Waals surface area contributed by atoms with Crippen LogP contribution in [0.2, 0.25) is 0 Å². The van der Waals surface area contributed by atoms with Gasteiger partial charge in [-0.2, -0.15) is 0 Å². The Morgan fingerprint density at radius 2 is 2.00 bits per heavy atom. The maximum atomic E-state index is 11.1. The highest BCUT2D eigenvalue weighted by atomic mass is 32.2. The normalized spacial score (nSPS) is 10.9. The molecule has 0 heterocycles. The van der Waals surface area contributed by atoms with E-state index < -0.39 is 16.1 Å². The van der Waals surface area contributed by atoms with Crippen LogP contribution in [0.5, 0.6) is 0 Å². The molecule has 0 aliphatic rings. The lowest BCUT2D eigenvalue weighted by Gasteiger charge is -2.04. The van der Waals surface area contributed by atoms with Crippen LogP contribution in [0.3, 0.4) is 0 Å². The lowest BCUT2D eigenvalue weighted by molar-refractivity contribution is 0.177. The molecule has 0 atom stereocenters. The smallest absolute Gasteiger partial charge is 0.420 e. The molecule has 0 radical (unpaired) electrons. The minimum absolute atomic E-state index is 0.0318. The van der Waals surface area contributed by atoms with Crippen molar-refractivity contribution in [1.29, 1.82) is 0 Å². The van der Waals surface area contributed by atoms with Gasteiger partial charge in [0.1, 0.15) is 0 Å². The van der Waals surface area contributed by atoms with E-state index in [1.807, 2.05) is 6.92 Å². The van der Waals surface area contributed by atoms with Gasteiger partial charge < -0.3 is 4.74 Å². The zero-order valence-corrected chi connectivity index (χ0v) is 8.69. The van der Waals surface area contributed by atoms with Crippen LogP contribution in [0.25, 0.3) is 0 Å². The van der Waals surface area contributed by atoms with Crippen LogP contribution in [0.1, 0.15) is 26.2 Å². The molecule has 0 saturated heterocycles. The SMILES string of the molecule is CCCCCS(=O)(=O)NC(=O)OC. The van der Waals surface area contributed by atoms with E-state index in [1.54, 1.807) is 4.72 Å². The summed E-state index contributed by atoms with van der Waals surface area (Å²) >= 11 is 0. The van der Waals surface area contributed by atoms with E-state index in [2.05, 4.69) is 4.74 Å². The number of unbranched alkanes of at least 4 members (excludes halogenated alkanes) is 2. The van der Waals surface area contributed by atoms with E-state index in [0.717, 1.165) is 20.0 Å². The average Bonchev–Trinajstić information content (AvgIpc) is 2.03. The molecule has 0 aromatic heterocycles. The zero-order chi connectivity index (χ0) is 10.3. The summed E-state index contributed by atoms with van der Waals surface area (Å²) in [5.74, 6) is -0.0318. The number of carbonyl (C=O) groups is 1. The molecule has 13 heavy (non-hydrogen) atoms. The molecule has 0 aliphatic carbocycles. The molecule has 1 amide bonds. The molecular weight excluding hydrogens is 194 g/mol. The van der Waals surface area contributed by atoms with Gasteiger partial charge in [-0.15, -0.1) is 0 Å². The van der Waals surface area contributed by atoms with Crippen molar-refractivity contribution in [1.82, 2.24) is 4.72 Å². The number of sulfonamides is 1. The van der Waals surface area contributed by atoms with Gasteiger partial charge in [0, 0.05) is 0 Å². The maximum absolute atomic E-state index is 11.1. The van der Waals surface area contributed by atoms with Crippen molar-refractivity contribution in [3.05, 3.63) is 0 Å². The fourth-order valence-electron chi connectivity index (χ4n) is 0.762. The second-order valence-electron chi connectivity index (χ2n) is 2.62. The number of hydrogen-bond donors (Lipinski definition) is 1. The summed E-state index contributed by atoms with van der Waals surface area (Å²) in [6.07, 6.45) is 1.40. The molecule has 0 saturated carbocycles. The molecule has 0 spiro atoms. The monoisotopic (exact) mass is 209 g/mol. The minimum atomic E-state index is -3.49. The second-order valence-corrected chi connectivity index (χ2v) is 4.46. The molecule has 5 nitrogen and oxygen atoms in total. The first-order valence-corrected chi connectivity index (χ1v) is 5.75. The van der Waals surface area contributed by atoms with Gasteiger partial charge >= 0.3 is 6.09 Å². The highest BCUT2D eigenvalue weighted by Crippen LogP contribution is 1.97. The summed E-state index contributed by atoms with van der Waals surface area (Å²) in [6.45, 7) is 1.97. The summed E-state index contributed by atoms with van der Waals surface area (Å²) < 4.78 is 28.1. The topological polar surface area (TPSA) is 72.5 Å². The fraction of sp³-hybridized carbons (Fsp3) is 0.857. The van der Waals surface area contributed by atoms with Gasteiger partial charge in [0.25, 0.3) is 0 Å². The first kappa shape index (κ1) is 12.2. The number of nitrogens with one attached hydrogen (secondary N) is 1. The molecule has 0 bridgehead atoms. The van der Waals surface area contributed by atoms with Crippen molar-refractivity contribution in [3.8, 4) is 0 Å². The molecule has 0 rings (SSSR count). The minimum Gasteiger partial charge on any atom is -0.452 e. The quantitative estimate of drug-likeness (QED) is 0.682. The first-order chi connectivity index (χ1) is 6.02. The first-order valence-electron chi connectivity index (χ1n) is 4.10. The van der Waals surface area contributed by atoms with Gasteiger partial charge in [0.05, 0.1) is 12.9 Å². The Morgan fingerprint density at radius 3 is 2.46 bits per heavy atom. The fourth-order valence-corrected chi connectivity index (χ4v) is 1.79. The summed E-state index contributed by atoms with van der Waals surface area (Å²) in [4.78, 5) is 10.5. The van der Waals surface area contributed by atoms with Crippen molar-refractivity contribution >= 4 is 16.1 Å². The van der Waals surface area contributed by atoms with Crippen molar-refractivity contribution in [2.45, 2.75) is 26.2 Å². The highest BCUT2D eigenvalue weighted by molar-refractivity contribution is 7.90. The molecule has 0 aliphatic heterocycles. The van der Waals surface area contributed by atoms with Gasteiger partial charge in [-0.3, -0.25) is 0 Å². The summed E-state index contributed by atoms with van der Waals surface area (Å²) in [5, 5.41) is 0.